The van der Waals surface area contributed by atoms with Gasteiger partial charge in [0.1, 0.15) is 27.5 Å². The second kappa shape index (κ2) is 7.37. The average molecular weight is 509 g/mol. The molecule has 1 aromatic carbocycles. The van der Waals surface area contributed by atoms with Gasteiger partial charge in [-0.1, -0.05) is 0 Å². The van der Waals surface area contributed by atoms with Crippen LogP contribution in [0.4, 0.5) is 15.9 Å². The summed E-state index contributed by atoms with van der Waals surface area (Å²) in [5.41, 5.74) is 6.15. The Morgan fingerprint density at radius 1 is 1.19 bits per heavy atom. The normalized spacial score (nSPS) is 23.3. The Morgan fingerprint density at radius 3 is 2.65 bits per heavy atom. The molecule has 2 aromatic heterocycles. The standard InChI is InChI=1S/C20H22BrFN6O2S/c1-19(2)18(23)27-20(3,10-31(19,29)30)14-7-13(4-5-15(14)22)26-17-16-11(8-25-28-17)6-12(21)9-24-16/h4-9,29-30H,10H2,1-3H3,(H2,23,27)(H,26,28)/t20-/m0/s1. The molecule has 1 atom stereocenters. The molecule has 1 aliphatic heterocycles. The van der Waals surface area contributed by atoms with Crippen LogP contribution in [0.2, 0.25) is 0 Å². The minimum absolute atomic E-state index is 0.0775. The zero-order chi connectivity index (χ0) is 22.6. The molecule has 164 valence electrons. The fourth-order valence-corrected chi connectivity index (χ4v) is 5.59. The summed E-state index contributed by atoms with van der Waals surface area (Å²) >= 11 is 3.38. The van der Waals surface area contributed by atoms with Gasteiger partial charge < -0.3 is 11.1 Å². The number of aromatic nitrogens is 3. The molecular formula is C20H22BrFN6O2S. The minimum Gasteiger partial charge on any atom is -0.386 e. The molecule has 3 aromatic rings. The first-order valence-electron chi connectivity index (χ1n) is 9.38. The van der Waals surface area contributed by atoms with Gasteiger partial charge >= 0.3 is 0 Å². The van der Waals surface area contributed by atoms with Crippen LogP contribution in [0.5, 0.6) is 0 Å². The Kier molecular flexibility index (Phi) is 5.20. The van der Waals surface area contributed by atoms with Crippen LogP contribution < -0.4 is 11.1 Å². The van der Waals surface area contributed by atoms with Crippen LogP contribution in [0.25, 0.3) is 10.9 Å². The van der Waals surface area contributed by atoms with E-state index in [0.717, 1.165) is 9.86 Å². The molecule has 0 fully saturated rings. The summed E-state index contributed by atoms with van der Waals surface area (Å²) in [5, 5.41) is 12.0. The molecule has 0 amide bonds. The smallest absolute Gasteiger partial charge is 0.179 e. The molecule has 11 heteroatoms. The van der Waals surface area contributed by atoms with Gasteiger partial charge in [0.05, 0.1) is 11.9 Å². The molecule has 1 aliphatic rings. The van der Waals surface area contributed by atoms with Crippen LogP contribution in [0.3, 0.4) is 0 Å². The molecule has 0 spiro atoms. The number of halogens is 2. The molecular weight excluding hydrogens is 487 g/mol. The molecule has 4 rings (SSSR count). The van der Waals surface area contributed by atoms with Crippen molar-refractivity contribution in [2.24, 2.45) is 10.7 Å². The number of fused-ring (bicyclic) bond motifs is 1. The molecule has 8 nitrogen and oxygen atoms in total. The zero-order valence-corrected chi connectivity index (χ0v) is 19.5. The number of anilines is 2. The monoisotopic (exact) mass is 508 g/mol. The Hall–Kier alpha value is -2.34. The molecule has 3 heterocycles. The fraction of sp³-hybridized carbons (Fsp3) is 0.300. The first-order valence-corrected chi connectivity index (χ1v) is 11.9. The van der Waals surface area contributed by atoms with Gasteiger partial charge in [0.25, 0.3) is 0 Å². The fourth-order valence-electron chi connectivity index (χ4n) is 3.49. The Morgan fingerprint density at radius 2 is 1.94 bits per heavy atom. The summed E-state index contributed by atoms with van der Waals surface area (Å²) in [6.07, 6.45) is 3.25. The van der Waals surface area contributed by atoms with E-state index >= 15 is 0 Å². The van der Waals surface area contributed by atoms with E-state index in [1.54, 1.807) is 45.3 Å². The largest absolute Gasteiger partial charge is 0.386 e. The van der Waals surface area contributed by atoms with Crippen molar-refractivity contribution in [3.05, 3.63) is 52.5 Å². The van der Waals surface area contributed by atoms with E-state index in [4.69, 9.17) is 5.73 Å². The number of nitrogens with zero attached hydrogens (tertiary/aromatic N) is 4. The van der Waals surface area contributed by atoms with Crippen LogP contribution in [0.15, 0.2) is 46.1 Å². The highest BCUT2D eigenvalue weighted by atomic mass is 79.9. The summed E-state index contributed by atoms with van der Waals surface area (Å²) in [5.74, 6) is -0.179. The first-order chi connectivity index (χ1) is 14.4. The van der Waals surface area contributed by atoms with Crippen LogP contribution >= 0.6 is 26.5 Å². The van der Waals surface area contributed by atoms with E-state index in [1.165, 1.54) is 6.07 Å². The minimum atomic E-state index is -3.17. The second-order valence-corrected chi connectivity index (χ2v) is 11.8. The van der Waals surface area contributed by atoms with Gasteiger partial charge in [-0.25, -0.2) is 4.39 Å². The van der Waals surface area contributed by atoms with Crippen molar-refractivity contribution in [3.8, 4) is 0 Å². The molecule has 5 N–H and O–H groups in total. The predicted molar refractivity (Wildman–Crippen MR) is 125 cm³/mol. The third-order valence-corrected chi connectivity index (χ3v) is 8.80. The van der Waals surface area contributed by atoms with Crippen molar-refractivity contribution < 1.29 is 13.5 Å². The maximum absolute atomic E-state index is 14.9. The lowest BCUT2D eigenvalue weighted by Crippen LogP contribution is -2.52. The van der Waals surface area contributed by atoms with Crippen LogP contribution in [-0.4, -0.2) is 40.6 Å². The zero-order valence-electron chi connectivity index (χ0n) is 17.1. The number of benzene rings is 1. The van der Waals surface area contributed by atoms with E-state index in [0.29, 0.717) is 17.0 Å². The van der Waals surface area contributed by atoms with Crippen molar-refractivity contribution in [2.75, 3.05) is 11.1 Å². The number of pyridine rings is 1. The topological polar surface area (TPSA) is 130 Å². The Balaban J connectivity index is 1.76. The number of amidine groups is 1. The van der Waals surface area contributed by atoms with E-state index < -0.39 is 26.7 Å². The molecule has 0 aliphatic carbocycles. The van der Waals surface area contributed by atoms with Gasteiger partial charge in [-0.15, -0.1) is 5.10 Å². The quantitative estimate of drug-likeness (QED) is 0.400. The third-order valence-electron chi connectivity index (χ3n) is 5.56. The molecule has 0 radical (unpaired) electrons. The number of hydrogen-bond acceptors (Lipinski definition) is 8. The summed E-state index contributed by atoms with van der Waals surface area (Å²) < 4.78 is 36.0. The van der Waals surface area contributed by atoms with Gasteiger partial charge in [0, 0.05) is 27.3 Å². The first kappa shape index (κ1) is 21.9. The van der Waals surface area contributed by atoms with Crippen molar-refractivity contribution >= 4 is 54.8 Å². The van der Waals surface area contributed by atoms with Crippen molar-refractivity contribution in [1.29, 1.82) is 0 Å². The van der Waals surface area contributed by atoms with Gasteiger partial charge in [0.2, 0.25) is 0 Å². The maximum atomic E-state index is 14.9. The number of rotatable bonds is 3. The SMILES string of the molecule is CC1(C)C(N)=N[C@](C)(c2cc(Nc3nncc4cc(Br)cnc34)ccc2F)CS1(O)O. The number of hydrogen-bond donors (Lipinski definition) is 4. The number of nitrogens with one attached hydrogen (secondary N) is 1. The molecule has 0 unspecified atom stereocenters. The Labute approximate surface area is 188 Å². The average Bonchev–Trinajstić information content (AvgIpc) is 2.67. The predicted octanol–water partition coefficient (Wildman–Crippen LogP) is 4.79. The van der Waals surface area contributed by atoms with Gasteiger partial charge in [-0.2, -0.15) is 15.7 Å². The lowest BCUT2D eigenvalue weighted by molar-refractivity contribution is 0.417. The molecule has 0 saturated heterocycles. The molecule has 31 heavy (non-hydrogen) atoms. The highest BCUT2D eigenvalue weighted by Gasteiger charge is 2.49. The van der Waals surface area contributed by atoms with Crippen molar-refractivity contribution in [2.45, 2.75) is 31.1 Å². The van der Waals surface area contributed by atoms with E-state index in [1.807, 2.05) is 6.07 Å². The summed E-state index contributed by atoms with van der Waals surface area (Å²) in [7, 11) is -3.17. The maximum Gasteiger partial charge on any atom is 0.179 e. The molecule has 0 bridgehead atoms. The van der Waals surface area contributed by atoms with Crippen LogP contribution in [-0.2, 0) is 5.54 Å². The van der Waals surface area contributed by atoms with Gasteiger partial charge in [0.15, 0.2) is 5.82 Å². The third kappa shape index (κ3) is 3.75. The van der Waals surface area contributed by atoms with Crippen LogP contribution in [0.1, 0.15) is 26.3 Å². The van der Waals surface area contributed by atoms with Crippen LogP contribution in [0, 0.1) is 5.82 Å². The second-order valence-electron chi connectivity index (χ2n) is 8.20. The lowest BCUT2D eigenvalue weighted by Gasteiger charge is -2.53. The highest BCUT2D eigenvalue weighted by molar-refractivity contribution is 9.10. The number of nitrogens with two attached hydrogens (primary N) is 1. The van der Waals surface area contributed by atoms with Crippen molar-refractivity contribution in [3.63, 3.8) is 0 Å². The molecule has 0 saturated carbocycles. The summed E-state index contributed by atoms with van der Waals surface area (Å²) in [6, 6.07) is 6.28. The summed E-state index contributed by atoms with van der Waals surface area (Å²) in [4.78, 5) is 8.86. The summed E-state index contributed by atoms with van der Waals surface area (Å²) in [6.45, 7) is 4.89. The van der Waals surface area contributed by atoms with Gasteiger partial charge in [-0.3, -0.25) is 19.1 Å². The van der Waals surface area contributed by atoms with E-state index in [9.17, 15) is 13.5 Å². The lowest BCUT2D eigenvalue weighted by atomic mass is 9.92. The Bertz CT molecular complexity index is 1220. The van der Waals surface area contributed by atoms with E-state index in [2.05, 4.69) is 41.4 Å². The van der Waals surface area contributed by atoms with Gasteiger partial charge in [-0.05, 0) is 61.0 Å². The van der Waals surface area contributed by atoms with E-state index in [-0.39, 0.29) is 17.2 Å². The van der Waals surface area contributed by atoms with Crippen molar-refractivity contribution in [1.82, 2.24) is 15.2 Å². The highest BCUT2D eigenvalue weighted by Crippen LogP contribution is 2.59. The number of aliphatic imine (C=N–C) groups is 1.